The molecule has 2 amide bonds. The Balaban J connectivity index is 2.05. The number of nitrogens with zero attached hydrogens (tertiary/aromatic N) is 1. The van der Waals surface area contributed by atoms with Crippen LogP contribution in [0.25, 0.3) is 0 Å². The lowest BCUT2D eigenvalue weighted by atomic mass is 10.2. The number of carbonyl (C=O) groups excluding carboxylic acids is 2. The molecule has 0 atom stereocenters. The van der Waals surface area contributed by atoms with E-state index in [-0.39, 0.29) is 11.8 Å². The highest BCUT2D eigenvalue weighted by molar-refractivity contribution is 8.04. The number of nitrogens with one attached hydrogen (secondary N) is 1. The van der Waals surface area contributed by atoms with E-state index < -0.39 is 0 Å². The smallest absolute Gasteiger partial charge is 0.265 e. The van der Waals surface area contributed by atoms with Crippen LogP contribution in [0.5, 0.6) is 0 Å². The molecular weight excluding hydrogens is 304 g/mol. The number of amides is 2. The molecule has 0 spiro atoms. The summed E-state index contributed by atoms with van der Waals surface area (Å²) in [4.78, 5) is 27.1. The maximum atomic E-state index is 12.3. The number of para-hydroxylation sites is 1. The average molecular weight is 322 g/mol. The number of hydrogen-bond acceptors (Lipinski definition) is 4. The van der Waals surface area contributed by atoms with E-state index in [1.165, 1.54) is 17.8 Å². The van der Waals surface area contributed by atoms with Crippen molar-refractivity contribution in [3.05, 3.63) is 35.2 Å². The number of benzene rings is 1. The van der Waals surface area contributed by atoms with Gasteiger partial charge in [-0.25, -0.2) is 0 Å². The van der Waals surface area contributed by atoms with Crippen LogP contribution in [0.3, 0.4) is 0 Å². The van der Waals surface area contributed by atoms with Crippen LogP contribution < -0.4 is 10.2 Å². The molecule has 1 aromatic carbocycles. The molecule has 1 aliphatic heterocycles. The molecule has 4 nitrogen and oxygen atoms in total. The molecule has 0 fully saturated rings. The molecular formula is C15H18N2O2S2. The summed E-state index contributed by atoms with van der Waals surface area (Å²) in [5.74, 6) is 1.56. The van der Waals surface area contributed by atoms with Gasteiger partial charge in [0.15, 0.2) is 0 Å². The summed E-state index contributed by atoms with van der Waals surface area (Å²) in [7, 11) is 1.73. The zero-order chi connectivity index (χ0) is 15.2. The molecule has 1 aromatic rings. The highest BCUT2D eigenvalue weighted by Gasteiger charge is 2.26. The zero-order valence-corrected chi connectivity index (χ0v) is 13.7. The Kier molecular flexibility index (Phi) is 5.76. The number of hydrogen-bond donors (Lipinski definition) is 1. The lowest BCUT2D eigenvalue weighted by Crippen LogP contribution is -2.31. The molecule has 0 aromatic heterocycles. The van der Waals surface area contributed by atoms with Crippen LogP contribution in [0.4, 0.5) is 5.69 Å². The van der Waals surface area contributed by atoms with Crippen molar-refractivity contribution in [2.24, 2.45) is 0 Å². The summed E-state index contributed by atoms with van der Waals surface area (Å²) < 4.78 is 0. The Morgan fingerprint density at radius 1 is 1.43 bits per heavy atom. The number of fused-ring (bicyclic) bond motifs is 1. The molecule has 0 unspecified atom stereocenters. The van der Waals surface area contributed by atoms with Crippen LogP contribution in [-0.4, -0.2) is 36.9 Å². The molecule has 112 valence electrons. The van der Waals surface area contributed by atoms with Gasteiger partial charge in [0.1, 0.15) is 0 Å². The van der Waals surface area contributed by atoms with Crippen molar-refractivity contribution in [2.45, 2.75) is 11.8 Å². The van der Waals surface area contributed by atoms with Gasteiger partial charge in [0.25, 0.3) is 5.91 Å². The second-order valence-electron chi connectivity index (χ2n) is 4.43. The monoisotopic (exact) mass is 322 g/mol. The number of anilines is 1. The molecule has 0 saturated heterocycles. The van der Waals surface area contributed by atoms with Crippen molar-refractivity contribution in [3.8, 4) is 0 Å². The minimum absolute atomic E-state index is 0.142. The van der Waals surface area contributed by atoms with Crippen LogP contribution in [0, 0.1) is 0 Å². The van der Waals surface area contributed by atoms with Gasteiger partial charge in [-0.05, 0) is 17.9 Å². The van der Waals surface area contributed by atoms with E-state index >= 15 is 0 Å². The second kappa shape index (κ2) is 7.56. The maximum absolute atomic E-state index is 12.3. The molecule has 6 heteroatoms. The van der Waals surface area contributed by atoms with Gasteiger partial charge in [0.2, 0.25) is 5.91 Å². The van der Waals surface area contributed by atoms with Crippen molar-refractivity contribution in [2.75, 3.05) is 30.0 Å². The number of thioether (sulfide) groups is 2. The van der Waals surface area contributed by atoms with Gasteiger partial charge < -0.3 is 10.2 Å². The SMILES string of the molecule is CCSCCNC(=O)/C=C1/Sc2ccccc2N(C)C1=O. The minimum atomic E-state index is -0.213. The van der Waals surface area contributed by atoms with Crippen molar-refractivity contribution < 1.29 is 9.59 Å². The van der Waals surface area contributed by atoms with E-state index in [2.05, 4.69) is 12.2 Å². The highest BCUT2D eigenvalue weighted by atomic mass is 32.2. The largest absolute Gasteiger partial charge is 0.352 e. The van der Waals surface area contributed by atoms with E-state index in [1.807, 2.05) is 24.3 Å². The number of carbonyl (C=O) groups is 2. The first-order valence-electron chi connectivity index (χ1n) is 6.75. The Morgan fingerprint density at radius 3 is 2.95 bits per heavy atom. The highest BCUT2D eigenvalue weighted by Crippen LogP contribution is 2.40. The predicted molar refractivity (Wildman–Crippen MR) is 89.8 cm³/mol. The zero-order valence-electron chi connectivity index (χ0n) is 12.1. The average Bonchev–Trinajstić information content (AvgIpc) is 2.49. The molecule has 0 aliphatic carbocycles. The Labute approximate surface area is 133 Å². The van der Waals surface area contributed by atoms with Gasteiger partial charge in [-0.2, -0.15) is 11.8 Å². The van der Waals surface area contributed by atoms with Gasteiger partial charge >= 0.3 is 0 Å². The third kappa shape index (κ3) is 4.04. The standard InChI is InChI=1S/C15H18N2O2S2/c1-3-20-9-8-16-14(18)10-13-15(19)17(2)11-6-4-5-7-12(11)21-13/h4-7,10H,3,8-9H2,1-2H3,(H,16,18)/b13-10+. The third-order valence-corrected chi connectivity index (χ3v) is 4.95. The summed E-state index contributed by atoms with van der Waals surface area (Å²) in [6.07, 6.45) is 1.40. The normalized spacial score (nSPS) is 16.0. The van der Waals surface area contributed by atoms with E-state index in [9.17, 15) is 9.59 Å². The molecule has 1 aliphatic rings. The van der Waals surface area contributed by atoms with Crippen molar-refractivity contribution in [1.82, 2.24) is 5.32 Å². The third-order valence-electron chi connectivity index (χ3n) is 2.97. The first kappa shape index (κ1) is 16.0. The molecule has 21 heavy (non-hydrogen) atoms. The second-order valence-corrected chi connectivity index (χ2v) is 6.91. The van der Waals surface area contributed by atoms with Crippen LogP contribution in [0.2, 0.25) is 0 Å². The van der Waals surface area contributed by atoms with Gasteiger partial charge in [-0.15, -0.1) is 0 Å². The quantitative estimate of drug-likeness (QED) is 0.668. The van der Waals surface area contributed by atoms with Gasteiger partial charge in [-0.1, -0.05) is 30.8 Å². The van der Waals surface area contributed by atoms with Gasteiger partial charge in [0, 0.05) is 30.3 Å². The lowest BCUT2D eigenvalue weighted by molar-refractivity contribution is -0.117. The van der Waals surface area contributed by atoms with Crippen LogP contribution in [0.1, 0.15) is 6.92 Å². The summed E-state index contributed by atoms with van der Waals surface area (Å²) in [5.41, 5.74) is 0.879. The van der Waals surface area contributed by atoms with E-state index in [0.717, 1.165) is 22.1 Å². The fraction of sp³-hybridized carbons (Fsp3) is 0.333. The predicted octanol–water partition coefficient (Wildman–Crippen LogP) is 2.51. The van der Waals surface area contributed by atoms with Crippen LogP contribution in [0.15, 0.2) is 40.1 Å². The Hall–Kier alpha value is -1.40. The molecule has 1 N–H and O–H groups in total. The Morgan fingerprint density at radius 2 is 2.19 bits per heavy atom. The van der Waals surface area contributed by atoms with E-state index in [0.29, 0.717) is 11.4 Å². The van der Waals surface area contributed by atoms with Crippen molar-refractivity contribution in [1.29, 1.82) is 0 Å². The first-order valence-corrected chi connectivity index (χ1v) is 8.72. The fourth-order valence-electron chi connectivity index (χ4n) is 1.91. The Bertz CT molecular complexity index is 573. The molecule has 0 saturated carbocycles. The molecule has 0 bridgehead atoms. The fourth-order valence-corrected chi connectivity index (χ4v) is 3.53. The number of rotatable bonds is 5. The van der Waals surface area contributed by atoms with Crippen LogP contribution in [-0.2, 0) is 9.59 Å². The van der Waals surface area contributed by atoms with Crippen molar-refractivity contribution >= 4 is 41.0 Å². The summed E-state index contributed by atoms with van der Waals surface area (Å²) in [5, 5.41) is 2.80. The topological polar surface area (TPSA) is 49.4 Å². The summed E-state index contributed by atoms with van der Waals surface area (Å²) in [6, 6.07) is 7.68. The summed E-state index contributed by atoms with van der Waals surface area (Å²) in [6.45, 7) is 2.70. The minimum Gasteiger partial charge on any atom is -0.352 e. The van der Waals surface area contributed by atoms with Gasteiger partial charge in [-0.3, -0.25) is 9.59 Å². The van der Waals surface area contributed by atoms with Gasteiger partial charge in [0.05, 0.1) is 10.6 Å². The van der Waals surface area contributed by atoms with E-state index in [4.69, 9.17) is 0 Å². The van der Waals surface area contributed by atoms with E-state index in [1.54, 1.807) is 23.7 Å². The number of likely N-dealkylation sites (N-methyl/N-ethyl adjacent to an activating group) is 1. The molecule has 2 rings (SSSR count). The maximum Gasteiger partial charge on any atom is 0.265 e. The lowest BCUT2D eigenvalue weighted by Gasteiger charge is -2.26. The first-order chi connectivity index (χ1) is 10.1. The van der Waals surface area contributed by atoms with Crippen molar-refractivity contribution in [3.63, 3.8) is 0 Å². The van der Waals surface area contributed by atoms with Crippen LogP contribution >= 0.6 is 23.5 Å². The molecule has 1 heterocycles. The molecule has 0 radical (unpaired) electrons. The summed E-state index contributed by atoms with van der Waals surface area (Å²) >= 11 is 3.12.